The second-order valence-electron chi connectivity index (χ2n) is 6.38. The molecular weight excluding hydrogens is 264 g/mol. The monoisotopic (exact) mass is 290 g/mol. The zero-order valence-electron chi connectivity index (χ0n) is 13.0. The van der Waals surface area contributed by atoms with Crippen molar-refractivity contribution < 1.29 is 9.90 Å². The fraction of sp³-hybridized carbons (Fsp3) is 0.588. The Kier molecular flexibility index (Phi) is 5.76. The Bertz CT molecular complexity index is 447. The van der Waals surface area contributed by atoms with Crippen molar-refractivity contribution in [3.63, 3.8) is 0 Å². The number of hydrogen-bond donors (Lipinski definition) is 1. The van der Waals surface area contributed by atoms with Gasteiger partial charge in [-0.05, 0) is 17.9 Å². The lowest BCUT2D eigenvalue weighted by molar-refractivity contribution is -0.139. The van der Waals surface area contributed by atoms with E-state index in [1.54, 1.807) is 0 Å². The summed E-state index contributed by atoms with van der Waals surface area (Å²) in [6, 6.07) is 10.8. The maximum atomic E-state index is 11.1. The van der Waals surface area contributed by atoms with Crippen LogP contribution in [0.2, 0.25) is 0 Å². The summed E-state index contributed by atoms with van der Waals surface area (Å²) in [6.45, 7) is 8.28. The van der Waals surface area contributed by atoms with E-state index in [4.69, 9.17) is 5.11 Å². The van der Waals surface area contributed by atoms with Crippen molar-refractivity contribution in [3.8, 4) is 0 Å². The average Bonchev–Trinajstić information content (AvgIpc) is 2.86. The van der Waals surface area contributed by atoms with Gasteiger partial charge in [0.25, 0.3) is 0 Å². The van der Waals surface area contributed by atoms with Crippen molar-refractivity contribution in [2.75, 3.05) is 26.2 Å². The Labute approximate surface area is 127 Å². The van der Waals surface area contributed by atoms with Crippen LogP contribution >= 0.6 is 0 Å². The molecule has 0 radical (unpaired) electrons. The number of rotatable bonds is 7. The van der Waals surface area contributed by atoms with Crippen molar-refractivity contribution in [1.82, 2.24) is 9.80 Å². The molecule has 21 heavy (non-hydrogen) atoms. The van der Waals surface area contributed by atoms with Gasteiger partial charge in [-0.25, -0.2) is 0 Å². The molecule has 0 aliphatic carbocycles. The highest BCUT2D eigenvalue weighted by Crippen LogP contribution is 2.19. The Balaban J connectivity index is 1.90. The maximum absolute atomic E-state index is 11.1. The minimum absolute atomic E-state index is 0.155. The van der Waals surface area contributed by atoms with Gasteiger partial charge in [0.1, 0.15) is 0 Å². The van der Waals surface area contributed by atoms with E-state index in [-0.39, 0.29) is 6.54 Å². The Morgan fingerprint density at radius 2 is 2.10 bits per heavy atom. The smallest absolute Gasteiger partial charge is 0.317 e. The predicted molar refractivity (Wildman–Crippen MR) is 84.2 cm³/mol. The second kappa shape index (κ2) is 7.57. The number of likely N-dealkylation sites (tertiary alicyclic amines) is 1. The lowest BCUT2D eigenvalue weighted by atomic mass is 10.1. The normalized spacial score (nSPS) is 19.5. The topological polar surface area (TPSA) is 43.8 Å². The molecule has 4 nitrogen and oxygen atoms in total. The van der Waals surface area contributed by atoms with Crippen LogP contribution in [-0.2, 0) is 11.3 Å². The van der Waals surface area contributed by atoms with E-state index < -0.39 is 5.97 Å². The van der Waals surface area contributed by atoms with E-state index in [1.807, 2.05) is 6.07 Å². The van der Waals surface area contributed by atoms with E-state index in [0.717, 1.165) is 32.6 Å². The van der Waals surface area contributed by atoms with Gasteiger partial charge in [0, 0.05) is 32.2 Å². The number of hydrogen-bond acceptors (Lipinski definition) is 3. The van der Waals surface area contributed by atoms with Crippen molar-refractivity contribution in [2.45, 2.75) is 32.9 Å². The number of benzene rings is 1. The standard InChI is InChI=1S/C17H26N2O2/c1-14(2)10-19(13-17(20)21)16-8-9-18(12-16)11-15-6-4-3-5-7-15/h3-7,14,16H,8-13H2,1-2H3,(H,20,21). The summed E-state index contributed by atoms with van der Waals surface area (Å²) in [4.78, 5) is 15.6. The van der Waals surface area contributed by atoms with Gasteiger partial charge in [0.15, 0.2) is 0 Å². The molecule has 1 aromatic rings. The molecule has 0 spiro atoms. The van der Waals surface area contributed by atoms with E-state index in [0.29, 0.717) is 12.0 Å². The van der Waals surface area contributed by atoms with Crippen LogP contribution in [0.1, 0.15) is 25.8 Å². The molecule has 0 aromatic heterocycles. The largest absolute Gasteiger partial charge is 0.480 e. The summed E-state index contributed by atoms with van der Waals surface area (Å²) in [6.07, 6.45) is 1.06. The summed E-state index contributed by atoms with van der Waals surface area (Å²) in [7, 11) is 0. The summed E-state index contributed by atoms with van der Waals surface area (Å²) >= 11 is 0. The van der Waals surface area contributed by atoms with Gasteiger partial charge in [-0.2, -0.15) is 0 Å². The van der Waals surface area contributed by atoms with Gasteiger partial charge >= 0.3 is 5.97 Å². The van der Waals surface area contributed by atoms with Crippen LogP contribution in [0.3, 0.4) is 0 Å². The molecule has 1 saturated heterocycles. The third kappa shape index (κ3) is 5.14. The van der Waals surface area contributed by atoms with Crippen molar-refractivity contribution in [2.24, 2.45) is 5.92 Å². The van der Waals surface area contributed by atoms with Crippen molar-refractivity contribution in [1.29, 1.82) is 0 Å². The molecule has 1 atom stereocenters. The zero-order chi connectivity index (χ0) is 15.2. The minimum atomic E-state index is -0.725. The molecule has 2 rings (SSSR count). The third-order valence-electron chi connectivity index (χ3n) is 3.95. The molecule has 1 heterocycles. The van der Waals surface area contributed by atoms with Gasteiger partial charge in [-0.1, -0.05) is 44.2 Å². The molecule has 0 amide bonds. The molecular formula is C17H26N2O2. The maximum Gasteiger partial charge on any atom is 0.317 e. The van der Waals surface area contributed by atoms with Gasteiger partial charge in [0.2, 0.25) is 0 Å². The second-order valence-corrected chi connectivity index (χ2v) is 6.38. The Morgan fingerprint density at radius 3 is 2.71 bits per heavy atom. The number of carboxylic acid groups (broad SMARTS) is 1. The molecule has 4 heteroatoms. The summed E-state index contributed by atoms with van der Waals surface area (Å²) in [5.41, 5.74) is 1.33. The van der Waals surface area contributed by atoms with Gasteiger partial charge in [0.05, 0.1) is 6.54 Å². The lowest BCUT2D eigenvalue weighted by Crippen LogP contribution is -2.42. The molecule has 1 aliphatic heterocycles. The first-order chi connectivity index (χ1) is 10.0. The Morgan fingerprint density at radius 1 is 1.38 bits per heavy atom. The molecule has 0 bridgehead atoms. The number of carbonyl (C=O) groups is 1. The van der Waals surface area contributed by atoms with E-state index in [2.05, 4.69) is 47.9 Å². The highest BCUT2D eigenvalue weighted by molar-refractivity contribution is 5.69. The third-order valence-corrected chi connectivity index (χ3v) is 3.95. The number of aliphatic carboxylic acids is 1. The highest BCUT2D eigenvalue weighted by Gasteiger charge is 2.29. The summed E-state index contributed by atoms with van der Waals surface area (Å²) < 4.78 is 0. The number of nitrogens with zero attached hydrogens (tertiary/aromatic N) is 2. The van der Waals surface area contributed by atoms with Gasteiger partial charge in [-0.15, -0.1) is 0 Å². The lowest BCUT2D eigenvalue weighted by Gasteiger charge is -2.29. The van der Waals surface area contributed by atoms with Crippen LogP contribution in [-0.4, -0.2) is 53.1 Å². The van der Waals surface area contributed by atoms with Crippen LogP contribution in [0.4, 0.5) is 0 Å². The van der Waals surface area contributed by atoms with Crippen LogP contribution in [0.25, 0.3) is 0 Å². The summed E-state index contributed by atoms with van der Waals surface area (Å²) in [5.74, 6) is -0.232. The molecule has 1 N–H and O–H groups in total. The molecule has 0 saturated carbocycles. The number of carboxylic acids is 1. The first-order valence-electron chi connectivity index (χ1n) is 7.76. The van der Waals surface area contributed by atoms with Crippen LogP contribution in [0, 0.1) is 5.92 Å². The molecule has 1 aromatic carbocycles. The molecule has 1 aliphatic rings. The quantitative estimate of drug-likeness (QED) is 0.837. The van der Waals surface area contributed by atoms with Crippen molar-refractivity contribution >= 4 is 5.97 Å². The molecule has 1 fully saturated rings. The minimum Gasteiger partial charge on any atom is -0.480 e. The van der Waals surface area contributed by atoms with E-state index in [1.165, 1.54) is 5.56 Å². The highest BCUT2D eigenvalue weighted by atomic mass is 16.4. The fourth-order valence-corrected chi connectivity index (χ4v) is 3.08. The fourth-order valence-electron chi connectivity index (χ4n) is 3.08. The summed E-state index contributed by atoms with van der Waals surface area (Å²) in [5, 5.41) is 9.10. The SMILES string of the molecule is CC(C)CN(CC(=O)O)C1CCN(Cc2ccccc2)C1. The molecule has 116 valence electrons. The van der Waals surface area contributed by atoms with E-state index >= 15 is 0 Å². The zero-order valence-corrected chi connectivity index (χ0v) is 13.0. The van der Waals surface area contributed by atoms with Crippen LogP contribution < -0.4 is 0 Å². The average molecular weight is 290 g/mol. The van der Waals surface area contributed by atoms with Crippen LogP contribution in [0.15, 0.2) is 30.3 Å². The van der Waals surface area contributed by atoms with Crippen molar-refractivity contribution in [3.05, 3.63) is 35.9 Å². The van der Waals surface area contributed by atoms with Gasteiger partial charge in [-0.3, -0.25) is 14.6 Å². The van der Waals surface area contributed by atoms with E-state index in [9.17, 15) is 4.79 Å². The first-order valence-corrected chi connectivity index (χ1v) is 7.76. The van der Waals surface area contributed by atoms with Gasteiger partial charge < -0.3 is 5.11 Å². The predicted octanol–water partition coefficient (Wildman–Crippen LogP) is 2.30. The Hall–Kier alpha value is -1.39. The molecule has 1 unspecified atom stereocenters. The first kappa shape index (κ1) is 16.0. The van der Waals surface area contributed by atoms with Crippen LogP contribution in [0.5, 0.6) is 0 Å².